The van der Waals surface area contributed by atoms with Crippen LogP contribution < -0.4 is 15.2 Å². The number of rotatable bonds is 6. The van der Waals surface area contributed by atoms with E-state index >= 15 is 0 Å². The summed E-state index contributed by atoms with van der Waals surface area (Å²) in [6.45, 7) is 4.94. The van der Waals surface area contributed by atoms with E-state index in [1.807, 2.05) is 12.1 Å². The maximum Gasteiger partial charge on any atom is 0.160 e. The highest BCUT2D eigenvalue weighted by atomic mass is 16.5. The second kappa shape index (κ2) is 6.84. The maximum absolute atomic E-state index is 6.13. The normalized spacial score (nSPS) is 13.5. The molecule has 0 fully saturated rings. The van der Waals surface area contributed by atoms with Crippen molar-refractivity contribution in [2.24, 2.45) is 5.73 Å². The van der Waals surface area contributed by atoms with E-state index in [1.54, 1.807) is 14.2 Å². The van der Waals surface area contributed by atoms with Crippen molar-refractivity contribution >= 4 is 0 Å². The average Bonchev–Trinajstić information content (AvgIpc) is 2.55. The highest BCUT2D eigenvalue weighted by molar-refractivity contribution is 5.44. The first kappa shape index (κ1) is 16.4. The summed E-state index contributed by atoms with van der Waals surface area (Å²) in [4.78, 5) is 0. The smallest absolute Gasteiger partial charge is 0.160 e. The first-order valence-corrected chi connectivity index (χ1v) is 7.51. The quantitative estimate of drug-likeness (QED) is 0.888. The molecule has 3 heteroatoms. The summed E-state index contributed by atoms with van der Waals surface area (Å²) in [6, 6.07) is 14.5. The molecule has 2 N–H and O–H groups in total. The molecule has 0 aliphatic rings. The lowest BCUT2D eigenvalue weighted by Crippen LogP contribution is -2.35. The van der Waals surface area contributed by atoms with Crippen molar-refractivity contribution in [1.29, 1.82) is 0 Å². The summed E-state index contributed by atoms with van der Waals surface area (Å²) in [6.07, 6.45) is 0.856. The molecule has 0 spiro atoms. The van der Waals surface area contributed by atoms with Crippen molar-refractivity contribution in [3.63, 3.8) is 0 Å². The van der Waals surface area contributed by atoms with Crippen LogP contribution in [0.25, 0.3) is 0 Å². The molecule has 118 valence electrons. The number of hydrogen-bond acceptors (Lipinski definition) is 3. The van der Waals surface area contributed by atoms with Gasteiger partial charge in [0.1, 0.15) is 0 Å². The molecule has 0 aliphatic carbocycles. The molecule has 22 heavy (non-hydrogen) atoms. The number of methoxy groups -OCH3 is 2. The van der Waals surface area contributed by atoms with Gasteiger partial charge in [-0.3, -0.25) is 0 Å². The molecule has 0 aromatic heterocycles. The number of aryl methyl sites for hydroxylation is 1. The van der Waals surface area contributed by atoms with Gasteiger partial charge >= 0.3 is 0 Å². The molecule has 0 saturated heterocycles. The van der Waals surface area contributed by atoms with Crippen LogP contribution in [0.4, 0.5) is 0 Å². The van der Waals surface area contributed by atoms with Gasteiger partial charge in [-0.15, -0.1) is 0 Å². The first-order chi connectivity index (χ1) is 10.5. The number of nitrogens with two attached hydrogens (primary N) is 1. The second-order valence-corrected chi connectivity index (χ2v) is 5.95. The van der Waals surface area contributed by atoms with E-state index in [1.165, 1.54) is 16.7 Å². The van der Waals surface area contributed by atoms with Crippen LogP contribution in [0, 0.1) is 6.92 Å². The molecule has 0 bridgehead atoms. The minimum Gasteiger partial charge on any atom is -0.493 e. The van der Waals surface area contributed by atoms with Gasteiger partial charge in [0.25, 0.3) is 0 Å². The lowest BCUT2D eigenvalue weighted by molar-refractivity contribution is 0.354. The molecule has 2 aromatic carbocycles. The molecule has 0 heterocycles. The van der Waals surface area contributed by atoms with E-state index in [0.717, 1.165) is 17.9 Å². The van der Waals surface area contributed by atoms with E-state index < -0.39 is 0 Å². The summed E-state index contributed by atoms with van der Waals surface area (Å²) in [7, 11) is 3.31. The minimum atomic E-state index is -0.106. The summed E-state index contributed by atoms with van der Waals surface area (Å²) >= 11 is 0. The number of benzene rings is 2. The minimum absolute atomic E-state index is 0.106. The molecule has 0 aliphatic heterocycles. The molecule has 0 radical (unpaired) electrons. The summed E-state index contributed by atoms with van der Waals surface area (Å²) in [5.74, 6) is 1.50. The standard InChI is InChI=1S/C19H25NO2/c1-14-7-5-6-8-16(14)19(2,13-20)12-15-9-10-17(21-3)18(11-15)22-4/h5-11H,12-13,20H2,1-4H3. The first-order valence-electron chi connectivity index (χ1n) is 7.51. The highest BCUT2D eigenvalue weighted by Gasteiger charge is 2.27. The fourth-order valence-corrected chi connectivity index (χ4v) is 2.97. The Kier molecular flexibility index (Phi) is 5.09. The van der Waals surface area contributed by atoms with Crippen molar-refractivity contribution in [2.45, 2.75) is 25.7 Å². The Balaban J connectivity index is 2.36. The molecule has 0 saturated carbocycles. The zero-order chi connectivity index (χ0) is 16.2. The van der Waals surface area contributed by atoms with Crippen LogP contribution in [0.2, 0.25) is 0 Å². The predicted molar refractivity (Wildman–Crippen MR) is 90.8 cm³/mol. The highest BCUT2D eigenvalue weighted by Crippen LogP contribution is 2.33. The van der Waals surface area contributed by atoms with Gasteiger partial charge in [0.05, 0.1) is 14.2 Å². The van der Waals surface area contributed by atoms with E-state index in [0.29, 0.717) is 6.54 Å². The molecular formula is C19H25NO2. The molecular weight excluding hydrogens is 274 g/mol. The van der Waals surface area contributed by atoms with Gasteiger partial charge in [-0.2, -0.15) is 0 Å². The predicted octanol–water partition coefficient (Wildman–Crippen LogP) is 3.47. The second-order valence-electron chi connectivity index (χ2n) is 5.95. The lowest BCUT2D eigenvalue weighted by Gasteiger charge is -2.30. The molecule has 1 atom stereocenters. The van der Waals surface area contributed by atoms with E-state index in [9.17, 15) is 0 Å². The molecule has 1 unspecified atom stereocenters. The van der Waals surface area contributed by atoms with Crippen LogP contribution in [-0.2, 0) is 11.8 Å². The van der Waals surface area contributed by atoms with Crippen LogP contribution in [0.5, 0.6) is 11.5 Å². The van der Waals surface area contributed by atoms with Crippen LogP contribution in [0.3, 0.4) is 0 Å². The van der Waals surface area contributed by atoms with Crippen molar-refractivity contribution in [1.82, 2.24) is 0 Å². The summed E-state index contributed by atoms with van der Waals surface area (Å²) < 4.78 is 10.7. The zero-order valence-corrected chi connectivity index (χ0v) is 13.8. The molecule has 0 amide bonds. The largest absolute Gasteiger partial charge is 0.493 e. The Hall–Kier alpha value is -2.00. The van der Waals surface area contributed by atoms with E-state index in [4.69, 9.17) is 15.2 Å². The van der Waals surface area contributed by atoms with Gasteiger partial charge in [-0.25, -0.2) is 0 Å². The third kappa shape index (κ3) is 3.25. The molecule has 3 nitrogen and oxygen atoms in total. The Morgan fingerprint density at radius 1 is 1.00 bits per heavy atom. The third-order valence-electron chi connectivity index (χ3n) is 4.29. The van der Waals surface area contributed by atoms with Crippen molar-refractivity contribution < 1.29 is 9.47 Å². The third-order valence-corrected chi connectivity index (χ3v) is 4.29. The van der Waals surface area contributed by atoms with Crippen LogP contribution in [-0.4, -0.2) is 20.8 Å². The lowest BCUT2D eigenvalue weighted by atomic mass is 9.75. The Labute approximate surface area is 133 Å². The summed E-state index contributed by atoms with van der Waals surface area (Å²) in [5, 5.41) is 0. The van der Waals surface area contributed by atoms with Gasteiger partial charge < -0.3 is 15.2 Å². The number of hydrogen-bond donors (Lipinski definition) is 1. The van der Waals surface area contributed by atoms with Gasteiger partial charge in [-0.05, 0) is 42.2 Å². The van der Waals surface area contributed by atoms with Crippen molar-refractivity contribution in [3.05, 3.63) is 59.2 Å². The number of ether oxygens (including phenoxy) is 2. The van der Waals surface area contributed by atoms with Crippen molar-refractivity contribution in [2.75, 3.05) is 20.8 Å². The van der Waals surface area contributed by atoms with Gasteiger partial charge in [0, 0.05) is 12.0 Å². The Morgan fingerprint density at radius 2 is 1.68 bits per heavy atom. The van der Waals surface area contributed by atoms with E-state index in [-0.39, 0.29) is 5.41 Å². The van der Waals surface area contributed by atoms with E-state index in [2.05, 4.69) is 44.2 Å². The monoisotopic (exact) mass is 299 g/mol. The van der Waals surface area contributed by atoms with Gasteiger partial charge in [0.15, 0.2) is 11.5 Å². The fraction of sp³-hybridized carbons (Fsp3) is 0.368. The SMILES string of the molecule is COc1ccc(CC(C)(CN)c2ccccc2C)cc1OC. The summed E-state index contributed by atoms with van der Waals surface area (Å²) in [5.41, 5.74) is 9.78. The molecule has 2 aromatic rings. The topological polar surface area (TPSA) is 44.5 Å². The van der Waals surface area contributed by atoms with Gasteiger partial charge in [-0.1, -0.05) is 37.3 Å². The van der Waals surface area contributed by atoms with Crippen LogP contribution in [0.1, 0.15) is 23.6 Å². The van der Waals surface area contributed by atoms with Crippen LogP contribution in [0.15, 0.2) is 42.5 Å². The van der Waals surface area contributed by atoms with Crippen molar-refractivity contribution in [3.8, 4) is 11.5 Å². The Bertz CT molecular complexity index is 639. The molecule has 2 rings (SSSR count). The Morgan fingerprint density at radius 3 is 2.27 bits per heavy atom. The fourth-order valence-electron chi connectivity index (χ4n) is 2.97. The maximum atomic E-state index is 6.13. The zero-order valence-electron chi connectivity index (χ0n) is 13.8. The van der Waals surface area contributed by atoms with Gasteiger partial charge in [0.2, 0.25) is 0 Å². The van der Waals surface area contributed by atoms with Crippen LogP contribution >= 0.6 is 0 Å². The average molecular weight is 299 g/mol.